The molecule has 2 aromatic carbocycles. The Bertz CT molecular complexity index is 1290. The van der Waals surface area contributed by atoms with Gasteiger partial charge in [0.1, 0.15) is 16.9 Å². The Labute approximate surface area is 166 Å². The number of hydrogen-bond donors (Lipinski definition) is 0. The zero-order valence-corrected chi connectivity index (χ0v) is 16.3. The number of carbonyl (C=O) groups excluding carboxylic acids is 1. The molecule has 6 heteroatoms. The minimum absolute atomic E-state index is 0.0697. The average Bonchev–Trinajstić information content (AvgIpc) is 3.13. The molecule has 148 valence electrons. The number of aliphatic carboxylic acids is 1. The molecular weight excluding hydrogens is 372 g/mol. The van der Waals surface area contributed by atoms with E-state index in [4.69, 9.17) is 13.6 Å². The van der Waals surface area contributed by atoms with Crippen LogP contribution in [0.2, 0.25) is 0 Å². The number of carboxylic acids is 1. The minimum atomic E-state index is -1.20. The maximum absolute atomic E-state index is 12.4. The van der Waals surface area contributed by atoms with Crippen molar-refractivity contribution in [2.75, 3.05) is 7.11 Å². The van der Waals surface area contributed by atoms with Crippen molar-refractivity contribution < 1.29 is 23.5 Å². The zero-order chi connectivity index (χ0) is 20.7. The molecular formula is C23H19O6-. The van der Waals surface area contributed by atoms with Gasteiger partial charge in [-0.15, -0.1) is 0 Å². The SMILES string of the molecule is COc1ccc(-c2coc3c(C)c4oc(=O)c(CCC(=O)[O-])c(C)c4cc23)cc1. The molecule has 0 saturated heterocycles. The molecule has 0 aliphatic carbocycles. The van der Waals surface area contributed by atoms with E-state index < -0.39 is 11.6 Å². The molecule has 4 aromatic rings. The number of carbonyl (C=O) groups is 1. The Morgan fingerprint density at radius 2 is 1.79 bits per heavy atom. The van der Waals surface area contributed by atoms with Crippen molar-refractivity contribution in [1.29, 1.82) is 0 Å². The Morgan fingerprint density at radius 1 is 1.07 bits per heavy atom. The maximum atomic E-state index is 12.4. The van der Waals surface area contributed by atoms with Crippen LogP contribution in [0, 0.1) is 13.8 Å². The Hall–Kier alpha value is -3.54. The van der Waals surface area contributed by atoms with E-state index in [0.29, 0.717) is 22.3 Å². The van der Waals surface area contributed by atoms with E-state index >= 15 is 0 Å². The van der Waals surface area contributed by atoms with Crippen molar-refractivity contribution in [3.63, 3.8) is 0 Å². The highest BCUT2D eigenvalue weighted by molar-refractivity contribution is 6.04. The number of benzene rings is 2. The number of carboxylic acid groups (broad SMARTS) is 1. The van der Waals surface area contributed by atoms with Gasteiger partial charge < -0.3 is 23.5 Å². The Balaban J connectivity index is 1.95. The highest BCUT2D eigenvalue weighted by Gasteiger charge is 2.19. The summed E-state index contributed by atoms with van der Waals surface area (Å²) in [6, 6.07) is 9.59. The van der Waals surface area contributed by atoms with Gasteiger partial charge >= 0.3 is 5.63 Å². The summed E-state index contributed by atoms with van der Waals surface area (Å²) in [5, 5.41) is 12.5. The molecule has 0 fully saturated rings. The summed E-state index contributed by atoms with van der Waals surface area (Å²) < 4.78 is 16.6. The Morgan fingerprint density at radius 3 is 2.45 bits per heavy atom. The third kappa shape index (κ3) is 3.16. The van der Waals surface area contributed by atoms with Gasteiger partial charge in [-0.25, -0.2) is 4.79 Å². The first-order valence-electron chi connectivity index (χ1n) is 9.22. The monoisotopic (exact) mass is 391 g/mol. The lowest BCUT2D eigenvalue weighted by Gasteiger charge is -2.10. The lowest BCUT2D eigenvalue weighted by molar-refractivity contribution is -0.305. The lowest BCUT2D eigenvalue weighted by atomic mass is 9.97. The molecule has 0 saturated carbocycles. The highest BCUT2D eigenvalue weighted by atomic mass is 16.5. The summed E-state index contributed by atoms with van der Waals surface area (Å²) in [5.41, 5.74) is 4.25. The summed E-state index contributed by atoms with van der Waals surface area (Å²) in [5.74, 6) is -0.439. The van der Waals surface area contributed by atoms with Gasteiger partial charge in [-0.3, -0.25) is 0 Å². The van der Waals surface area contributed by atoms with Gasteiger partial charge in [-0.05, 0) is 56.0 Å². The molecule has 0 aliphatic rings. The predicted molar refractivity (Wildman–Crippen MR) is 107 cm³/mol. The van der Waals surface area contributed by atoms with E-state index in [1.807, 2.05) is 44.2 Å². The van der Waals surface area contributed by atoms with Crippen LogP contribution in [-0.4, -0.2) is 13.1 Å². The molecule has 4 rings (SSSR count). The molecule has 2 heterocycles. The smallest absolute Gasteiger partial charge is 0.339 e. The molecule has 0 unspecified atom stereocenters. The van der Waals surface area contributed by atoms with Crippen LogP contribution in [0.3, 0.4) is 0 Å². The third-order valence-corrected chi connectivity index (χ3v) is 5.32. The predicted octanol–water partition coefficient (Wildman–Crippen LogP) is 3.51. The van der Waals surface area contributed by atoms with Gasteiger partial charge in [0.15, 0.2) is 0 Å². The number of ether oxygens (including phenoxy) is 1. The summed E-state index contributed by atoms with van der Waals surface area (Å²) in [6.07, 6.45) is 1.52. The van der Waals surface area contributed by atoms with Crippen LogP contribution in [0.5, 0.6) is 5.75 Å². The molecule has 2 aromatic heterocycles. The standard InChI is InChI=1S/C23H20O6/c1-12-16(8-9-20(24)25)23(26)29-22-13(2)21-18(10-17(12)22)19(11-28-21)14-4-6-15(27-3)7-5-14/h4-7,10-11H,8-9H2,1-3H3,(H,24,25)/p-1. The van der Waals surface area contributed by atoms with E-state index in [1.54, 1.807) is 13.4 Å². The summed E-state index contributed by atoms with van der Waals surface area (Å²) in [6.45, 7) is 3.65. The molecule has 0 bridgehead atoms. The number of furan rings is 1. The molecule has 0 radical (unpaired) electrons. The van der Waals surface area contributed by atoms with Gasteiger partial charge in [0.2, 0.25) is 0 Å². The maximum Gasteiger partial charge on any atom is 0.339 e. The third-order valence-electron chi connectivity index (χ3n) is 5.32. The number of hydrogen-bond acceptors (Lipinski definition) is 6. The fraction of sp³-hybridized carbons (Fsp3) is 0.217. The van der Waals surface area contributed by atoms with Crippen molar-refractivity contribution in [3.05, 3.63) is 63.7 Å². The fourth-order valence-electron chi connectivity index (χ4n) is 3.71. The van der Waals surface area contributed by atoms with Crippen LogP contribution in [0.25, 0.3) is 33.1 Å². The quantitative estimate of drug-likeness (QED) is 0.483. The topological polar surface area (TPSA) is 92.7 Å². The van der Waals surface area contributed by atoms with Crippen molar-refractivity contribution in [3.8, 4) is 16.9 Å². The van der Waals surface area contributed by atoms with Gasteiger partial charge in [0, 0.05) is 33.4 Å². The first-order chi connectivity index (χ1) is 13.9. The second kappa shape index (κ2) is 7.13. The van der Waals surface area contributed by atoms with Crippen LogP contribution in [0.15, 0.2) is 50.2 Å². The van der Waals surface area contributed by atoms with Gasteiger partial charge in [-0.1, -0.05) is 12.1 Å². The van der Waals surface area contributed by atoms with Gasteiger partial charge in [-0.2, -0.15) is 0 Å². The summed E-state index contributed by atoms with van der Waals surface area (Å²) in [4.78, 5) is 23.3. The Kier molecular flexibility index (Phi) is 4.62. The summed E-state index contributed by atoms with van der Waals surface area (Å²) in [7, 11) is 1.62. The number of methoxy groups -OCH3 is 1. The normalized spacial score (nSPS) is 11.3. The molecule has 29 heavy (non-hydrogen) atoms. The van der Waals surface area contributed by atoms with Crippen LogP contribution in [0.4, 0.5) is 0 Å². The van der Waals surface area contributed by atoms with Crippen molar-refractivity contribution >= 4 is 27.9 Å². The lowest BCUT2D eigenvalue weighted by Crippen LogP contribution is -2.24. The van der Waals surface area contributed by atoms with Gasteiger partial charge in [0.05, 0.1) is 13.4 Å². The second-order valence-corrected chi connectivity index (χ2v) is 7.00. The molecule has 0 spiro atoms. The number of rotatable bonds is 5. The first-order valence-corrected chi connectivity index (χ1v) is 9.22. The van der Waals surface area contributed by atoms with E-state index in [0.717, 1.165) is 33.2 Å². The largest absolute Gasteiger partial charge is 0.550 e. The van der Waals surface area contributed by atoms with Crippen molar-refractivity contribution in [1.82, 2.24) is 0 Å². The molecule has 0 atom stereocenters. The van der Waals surface area contributed by atoms with E-state index in [1.165, 1.54) is 0 Å². The van der Waals surface area contributed by atoms with E-state index in [9.17, 15) is 14.7 Å². The van der Waals surface area contributed by atoms with Crippen LogP contribution in [-0.2, 0) is 11.2 Å². The van der Waals surface area contributed by atoms with Crippen molar-refractivity contribution in [2.24, 2.45) is 0 Å². The zero-order valence-electron chi connectivity index (χ0n) is 16.3. The molecule has 0 N–H and O–H groups in total. The number of fused-ring (bicyclic) bond motifs is 2. The van der Waals surface area contributed by atoms with E-state index in [-0.39, 0.29) is 12.8 Å². The second-order valence-electron chi connectivity index (χ2n) is 7.00. The average molecular weight is 391 g/mol. The molecule has 0 amide bonds. The van der Waals surface area contributed by atoms with Crippen LogP contribution in [0.1, 0.15) is 23.1 Å². The minimum Gasteiger partial charge on any atom is -0.550 e. The molecule has 0 aliphatic heterocycles. The number of aryl methyl sites for hydroxylation is 2. The van der Waals surface area contributed by atoms with E-state index in [2.05, 4.69) is 0 Å². The highest BCUT2D eigenvalue weighted by Crippen LogP contribution is 2.37. The van der Waals surface area contributed by atoms with Gasteiger partial charge in [0.25, 0.3) is 0 Å². The summed E-state index contributed by atoms with van der Waals surface area (Å²) >= 11 is 0. The van der Waals surface area contributed by atoms with Crippen LogP contribution >= 0.6 is 0 Å². The fourth-order valence-corrected chi connectivity index (χ4v) is 3.71. The van der Waals surface area contributed by atoms with Crippen molar-refractivity contribution in [2.45, 2.75) is 26.7 Å². The van der Waals surface area contributed by atoms with Crippen LogP contribution < -0.4 is 15.5 Å². The first kappa shape index (κ1) is 18.8. The molecule has 6 nitrogen and oxygen atoms in total.